The molecule has 1 amide bonds. The van der Waals surface area contributed by atoms with Gasteiger partial charge >= 0.3 is 0 Å². The van der Waals surface area contributed by atoms with Crippen molar-refractivity contribution >= 4 is 5.91 Å². The second-order valence-electron chi connectivity index (χ2n) is 6.33. The monoisotopic (exact) mass is 280 g/mol. The molecule has 2 aliphatic heterocycles. The number of rotatable bonds is 5. The third-order valence-corrected chi connectivity index (χ3v) is 4.33. The predicted octanol–water partition coefficient (Wildman–Crippen LogP) is 1.82. The van der Waals surface area contributed by atoms with E-state index < -0.39 is 0 Å². The highest BCUT2D eigenvalue weighted by atomic mass is 16.5. The predicted molar refractivity (Wildman–Crippen MR) is 80.5 cm³/mol. The molecule has 0 spiro atoms. The van der Waals surface area contributed by atoms with E-state index >= 15 is 0 Å². The van der Waals surface area contributed by atoms with E-state index in [1.807, 2.05) is 0 Å². The zero-order chi connectivity index (χ0) is 14.4. The molecule has 1 N–H and O–H groups in total. The number of hydrogen-bond acceptors (Lipinski definition) is 3. The smallest absolute Gasteiger partial charge is 0.225 e. The van der Waals surface area contributed by atoms with Crippen LogP contribution in [0.4, 0.5) is 0 Å². The number of carbonyl (C=O) groups excluding carboxylic acids is 1. The van der Waals surface area contributed by atoms with Gasteiger partial charge in [0, 0.05) is 19.7 Å². The normalized spacial score (nSPS) is 24.6. The summed E-state index contributed by atoms with van der Waals surface area (Å²) < 4.78 is 5.26. The van der Waals surface area contributed by atoms with Crippen LogP contribution in [0.3, 0.4) is 0 Å². The van der Waals surface area contributed by atoms with Crippen molar-refractivity contribution in [2.24, 2.45) is 11.8 Å². The Morgan fingerprint density at radius 1 is 1.30 bits per heavy atom. The van der Waals surface area contributed by atoms with Gasteiger partial charge < -0.3 is 10.1 Å². The highest BCUT2D eigenvalue weighted by Gasteiger charge is 2.25. The third kappa shape index (κ3) is 4.91. The first-order valence-corrected chi connectivity index (χ1v) is 7.86. The van der Waals surface area contributed by atoms with Gasteiger partial charge in [-0.15, -0.1) is 0 Å². The minimum Gasteiger partial charge on any atom is -0.381 e. The fourth-order valence-electron chi connectivity index (χ4n) is 2.82. The van der Waals surface area contributed by atoms with Crippen LogP contribution in [0.15, 0.2) is 11.6 Å². The molecular formula is C16H28N2O2. The van der Waals surface area contributed by atoms with Gasteiger partial charge in [-0.2, -0.15) is 0 Å². The van der Waals surface area contributed by atoms with E-state index in [0.29, 0.717) is 12.5 Å². The van der Waals surface area contributed by atoms with Crippen molar-refractivity contribution in [3.05, 3.63) is 11.6 Å². The number of likely N-dealkylation sites (tertiary alicyclic amines) is 1. The van der Waals surface area contributed by atoms with Gasteiger partial charge in [0.2, 0.25) is 5.91 Å². The summed E-state index contributed by atoms with van der Waals surface area (Å²) in [6.07, 6.45) is 5.56. The molecule has 0 aromatic rings. The van der Waals surface area contributed by atoms with E-state index in [-0.39, 0.29) is 11.8 Å². The molecule has 2 saturated heterocycles. The van der Waals surface area contributed by atoms with Crippen molar-refractivity contribution < 1.29 is 9.53 Å². The maximum absolute atomic E-state index is 11.9. The second kappa shape index (κ2) is 7.79. The van der Waals surface area contributed by atoms with Gasteiger partial charge in [-0.1, -0.05) is 11.6 Å². The van der Waals surface area contributed by atoms with Crippen molar-refractivity contribution in [2.45, 2.75) is 33.1 Å². The molecule has 0 saturated carbocycles. The quantitative estimate of drug-likeness (QED) is 0.781. The number of ether oxygens (including phenoxy) is 1. The topological polar surface area (TPSA) is 41.6 Å². The molecule has 0 aromatic carbocycles. The first-order chi connectivity index (χ1) is 9.65. The van der Waals surface area contributed by atoms with Gasteiger partial charge in [0.1, 0.15) is 0 Å². The molecular weight excluding hydrogens is 252 g/mol. The molecule has 2 heterocycles. The molecule has 20 heavy (non-hydrogen) atoms. The molecule has 0 aliphatic carbocycles. The van der Waals surface area contributed by atoms with Crippen molar-refractivity contribution in [1.82, 2.24) is 10.2 Å². The van der Waals surface area contributed by atoms with E-state index in [0.717, 1.165) is 39.2 Å². The van der Waals surface area contributed by atoms with E-state index in [9.17, 15) is 4.79 Å². The number of carbonyl (C=O) groups is 1. The first-order valence-electron chi connectivity index (χ1n) is 7.86. The lowest BCUT2D eigenvalue weighted by atomic mass is 9.96. The van der Waals surface area contributed by atoms with Crippen LogP contribution in [0.25, 0.3) is 0 Å². The molecule has 2 rings (SSSR count). The van der Waals surface area contributed by atoms with Gasteiger partial charge in [0.05, 0.1) is 12.5 Å². The Morgan fingerprint density at radius 3 is 2.65 bits per heavy atom. The minimum absolute atomic E-state index is 0.0905. The molecule has 0 aromatic heterocycles. The van der Waals surface area contributed by atoms with E-state index in [1.54, 1.807) is 0 Å². The van der Waals surface area contributed by atoms with Crippen LogP contribution >= 0.6 is 0 Å². The number of amides is 1. The molecule has 0 bridgehead atoms. The third-order valence-electron chi connectivity index (χ3n) is 4.33. The average Bonchev–Trinajstić information content (AvgIpc) is 2.98. The Bertz CT molecular complexity index is 336. The highest BCUT2D eigenvalue weighted by molar-refractivity contribution is 5.78. The Labute approximate surface area is 122 Å². The van der Waals surface area contributed by atoms with Gasteiger partial charge in [0.15, 0.2) is 0 Å². The average molecular weight is 280 g/mol. The lowest BCUT2D eigenvalue weighted by Crippen LogP contribution is -2.40. The molecule has 0 radical (unpaired) electrons. The van der Waals surface area contributed by atoms with Crippen molar-refractivity contribution in [3.8, 4) is 0 Å². The number of allylic oxidation sites excluding steroid dienone is 1. The number of piperidine rings is 1. The molecule has 4 nitrogen and oxygen atoms in total. The Balaban J connectivity index is 1.62. The molecule has 1 unspecified atom stereocenters. The molecule has 2 fully saturated rings. The first kappa shape index (κ1) is 15.5. The molecule has 4 heteroatoms. The van der Waals surface area contributed by atoms with Crippen LogP contribution in [0.2, 0.25) is 0 Å². The summed E-state index contributed by atoms with van der Waals surface area (Å²) in [7, 11) is 0. The molecule has 2 aliphatic rings. The Hall–Kier alpha value is -0.870. The van der Waals surface area contributed by atoms with Crippen LogP contribution in [0, 0.1) is 11.8 Å². The van der Waals surface area contributed by atoms with Gasteiger partial charge in [-0.05, 0) is 52.1 Å². The number of nitrogens with one attached hydrogen (secondary N) is 1. The summed E-state index contributed by atoms with van der Waals surface area (Å²) in [6.45, 7) is 9.85. The standard InChI is InChI=1S/C16H28N2O2/c1-13(2)3-7-18-8-4-14(5-9-18)11-17-16(19)15-6-10-20-12-15/h3,14-15H,4-12H2,1-2H3,(H,17,19). The summed E-state index contributed by atoms with van der Waals surface area (Å²) in [4.78, 5) is 14.4. The summed E-state index contributed by atoms with van der Waals surface area (Å²) in [5, 5.41) is 3.11. The van der Waals surface area contributed by atoms with Gasteiger partial charge in [-0.3, -0.25) is 9.69 Å². The highest BCUT2D eigenvalue weighted by Crippen LogP contribution is 2.17. The van der Waals surface area contributed by atoms with Gasteiger partial charge in [0.25, 0.3) is 0 Å². The maximum Gasteiger partial charge on any atom is 0.225 e. The van der Waals surface area contributed by atoms with E-state index in [2.05, 4.69) is 30.1 Å². The number of nitrogens with zero attached hydrogens (tertiary/aromatic N) is 1. The Morgan fingerprint density at radius 2 is 2.05 bits per heavy atom. The zero-order valence-electron chi connectivity index (χ0n) is 12.9. The van der Waals surface area contributed by atoms with Crippen LogP contribution in [0.5, 0.6) is 0 Å². The summed E-state index contributed by atoms with van der Waals surface area (Å²) in [5.41, 5.74) is 1.39. The van der Waals surface area contributed by atoms with E-state index in [1.165, 1.54) is 18.4 Å². The largest absolute Gasteiger partial charge is 0.381 e. The fourth-order valence-corrected chi connectivity index (χ4v) is 2.82. The van der Waals surface area contributed by atoms with Crippen molar-refractivity contribution in [3.63, 3.8) is 0 Å². The SMILES string of the molecule is CC(C)=CCN1CCC(CNC(=O)C2CCOC2)CC1. The zero-order valence-corrected chi connectivity index (χ0v) is 12.9. The minimum atomic E-state index is 0.0905. The van der Waals surface area contributed by atoms with Crippen molar-refractivity contribution in [1.29, 1.82) is 0 Å². The van der Waals surface area contributed by atoms with Crippen LogP contribution in [-0.2, 0) is 9.53 Å². The Kier molecular flexibility index (Phi) is 6.05. The summed E-state index contributed by atoms with van der Waals surface area (Å²) in [5.74, 6) is 0.923. The molecule has 114 valence electrons. The lowest BCUT2D eigenvalue weighted by Gasteiger charge is -2.31. The summed E-state index contributed by atoms with van der Waals surface area (Å²) >= 11 is 0. The molecule has 1 atom stereocenters. The fraction of sp³-hybridized carbons (Fsp3) is 0.812. The van der Waals surface area contributed by atoms with Crippen LogP contribution in [-0.4, -0.2) is 50.2 Å². The number of hydrogen-bond donors (Lipinski definition) is 1. The van der Waals surface area contributed by atoms with Gasteiger partial charge in [-0.25, -0.2) is 0 Å². The lowest BCUT2D eigenvalue weighted by molar-refractivity contribution is -0.125. The van der Waals surface area contributed by atoms with E-state index in [4.69, 9.17) is 4.74 Å². The summed E-state index contributed by atoms with van der Waals surface area (Å²) in [6, 6.07) is 0. The maximum atomic E-state index is 11.9. The second-order valence-corrected chi connectivity index (χ2v) is 6.33. The van der Waals surface area contributed by atoms with Crippen LogP contribution in [0.1, 0.15) is 33.1 Å². The van der Waals surface area contributed by atoms with Crippen molar-refractivity contribution in [2.75, 3.05) is 39.4 Å². The van der Waals surface area contributed by atoms with Crippen LogP contribution < -0.4 is 5.32 Å².